The second-order valence-corrected chi connectivity index (χ2v) is 18.6. The van der Waals surface area contributed by atoms with Crippen molar-refractivity contribution in [2.75, 3.05) is 37.8 Å². The van der Waals surface area contributed by atoms with Crippen molar-refractivity contribution in [2.24, 2.45) is 11.3 Å². The Morgan fingerprint density at radius 1 is 1.11 bits per heavy atom. The molecule has 2 aromatic rings. The smallest absolute Gasteiger partial charge is 0.386 e. The van der Waals surface area contributed by atoms with Gasteiger partial charge in [0.1, 0.15) is 36.3 Å². The quantitative estimate of drug-likeness (QED) is 0.0397. The number of amides is 2. The number of nitrogens with two attached hydrogens (primary N) is 1. The molecule has 0 spiro atoms. The van der Waals surface area contributed by atoms with Crippen LogP contribution >= 0.6 is 35.2 Å². The molecule has 2 amide bonds. The lowest BCUT2D eigenvalue weighted by molar-refractivity contribution is -0.137. The van der Waals surface area contributed by atoms with E-state index in [0.717, 1.165) is 41.8 Å². The van der Waals surface area contributed by atoms with Gasteiger partial charge in [-0.05, 0) is 12.8 Å². The van der Waals surface area contributed by atoms with E-state index in [4.69, 9.17) is 19.5 Å². The number of allylic oxidation sites excluding steroid dienone is 1. The third-order valence-electron chi connectivity index (χ3n) is 8.17. The number of anilines is 1. The molecule has 0 saturated carbocycles. The summed E-state index contributed by atoms with van der Waals surface area (Å²) in [5.74, 6) is -1.23. The van der Waals surface area contributed by atoms with Crippen LogP contribution in [0.2, 0.25) is 0 Å². The van der Waals surface area contributed by atoms with Crippen molar-refractivity contribution in [1.29, 1.82) is 0 Å². The van der Waals surface area contributed by atoms with Crippen molar-refractivity contribution in [2.45, 2.75) is 77.1 Å². The van der Waals surface area contributed by atoms with Gasteiger partial charge < -0.3 is 50.9 Å². The number of hydrogen-bond acceptors (Lipinski definition) is 18. The average Bonchev–Trinajstić information content (AvgIpc) is 3.67. The van der Waals surface area contributed by atoms with E-state index in [1.54, 1.807) is 6.08 Å². The first-order valence-electron chi connectivity index (χ1n) is 17.2. The van der Waals surface area contributed by atoms with E-state index < -0.39 is 84.6 Å². The topological polar surface area (TPSA) is 364 Å². The molecule has 28 heteroatoms. The van der Waals surface area contributed by atoms with Gasteiger partial charge in [-0.15, -0.1) is 6.58 Å². The summed E-state index contributed by atoms with van der Waals surface area (Å²) in [6.45, 7) is 6.15. The maximum atomic E-state index is 12.7. The lowest BCUT2D eigenvalue weighted by Crippen LogP contribution is -2.46. The van der Waals surface area contributed by atoms with Crippen LogP contribution in [0.3, 0.4) is 0 Å². The molecule has 2 aromatic heterocycles. The normalized spacial score (nSPS) is 22.0. The van der Waals surface area contributed by atoms with Crippen LogP contribution in [-0.4, -0.2) is 123 Å². The molecule has 57 heavy (non-hydrogen) atoms. The Hall–Kier alpha value is -2.70. The standard InChI is InChI=1S/C29H48N7O17P3S/c1-5-7-17(8-6-2)28(41)57-12-11-31-19(37)9-10-32-26(40)23(39)29(3,4)14-50-56(47,48)53-55(45,46)49-13-18-22(52-54(42,43)44)21(38)27(51-18)36-16-35-20-24(30)33-15-34-25(20)36/h5,15-18,21-23,27,38-39H,1,6-14H2,2-4H3,(H,31,37)(H,32,40)(H,45,46)(H,47,48)(H2,30,33,34)(H2,42,43,44)/t17?,18-,21-,22-,23+,27-/m0/s1. The first-order valence-corrected chi connectivity index (χ1v) is 22.7. The summed E-state index contributed by atoms with van der Waals surface area (Å²) in [7, 11) is -16.4. The zero-order valence-corrected chi connectivity index (χ0v) is 34.6. The molecule has 0 radical (unpaired) electrons. The van der Waals surface area contributed by atoms with Gasteiger partial charge >= 0.3 is 23.5 Å². The third kappa shape index (κ3) is 14.8. The van der Waals surface area contributed by atoms with Crippen LogP contribution in [0, 0.1) is 11.3 Å². The predicted octanol–water partition coefficient (Wildman–Crippen LogP) is 0.657. The van der Waals surface area contributed by atoms with Crippen LogP contribution in [0.5, 0.6) is 0 Å². The van der Waals surface area contributed by atoms with E-state index in [-0.39, 0.29) is 47.5 Å². The number of hydrogen-bond donors (Lipinski definition) is 9. The van der Waals surface area contributed by atoms with Gasteiger partial charge in [0.2, 0.25) is 11.8 Å². The monoisotopic (exact) mass is 891 g/mol. The number of aliphatic hydroxyl groups excluding tert-OH is 2. The molecular weight excluding hydrogens is 843 g/mol. The number of ether oxygens (including phenoxy) is 1. The number of nitrogens with zero attached hydrogens (tertiary/aromatic N) is 4. The van der Waals surface area contributed by atoms with Crippen molar-refractivity contribution in [1.82, 2.24) is 30.2 Å². The summed E-state index contributed by atoms with van der Waals surface area (Å²) in [6.07, 6.45) is -3.06. The minimum Gasteiger partial charge on any atom is -0.386 e. The SMILES string of the molecule is C=CCC(CCC)C(=O)SCCNC(=O)CCNC(=O)[C@@H](O)C(C)(C)COP(=O)(O)OP(=O)(O)OC[C@@H]1O[C@H](n2cnc3c(N)ncnc32)[C@@H](O)[C@H]1OP(=O)(O)O. The van der Waals surface area contributed by atoms with Crippen LogP contribution in [0.1, 0.15) is 52.7 Å². The molecule has 3 unspecified atom stereocenters. The summed E-state index contributed by atoms with van der Waals surface area (Å²) < 4.78 is 62.1. The summed E-state index contributed by atoms with van der Waals surface area (Å²) in [6, 6.07) is 0. The molecule has 24 nitrogen and oxygen atoms in total. The van der Waals surface area contributed by atoms with Gasteiger partial charge in [-0.25, -0.2) is 28.6 Å². The Balaban J connectivity index is 1.48. The zero-order chi connectivity index (χ0) is 42.8. The van der Waals surface area contributed by atoms with Crippen LogP contribution < -0.4 is 16.4 Å². The van der Waals surface area contributed by atoms with Gasteiger partial charge in [0.15, 0.2) is 22.8 Å². The van der Waals surface area contributed by atoms with Gasteiger partial charge in [0, 0.05) is 36.6 Å². The maximum absolute atomic E-state index is 12.7. The molecule has 322 valence electrons. The van der Waals surface area contributed by atoms with Crippen molar-refractivity contribution in [3.8, 4) is 0 Å². The molecule has 1 fully saturated rings. The number of carbonyl (C=O) groups is 3. The van der Waals surface area contributed by atoms with Crippen molar-refractivity contribution in [3.63, 3.8) is 0 Å². The van der Waals surface area contributed by atoms with Crippen molar-refractivity contribution in [3.05, 3.63) is 25.3 Å². The van der Waals surface area contributed by atoms with Gasteiger partial charge in [-0.3, -0.25) is 32.5 Å². The molecule has 0 bridgehead atoms. The van der Waals surface area contributed by atoms with E-state index in [1.807, 2.05) is 6.92 Å². The number of aliphatic hydroxyl groups is 2. The second-order valence-electron chi connectivity index (χ2n) is 13.2. The highest BCUT2D eigenvalue weighted by atomic mass is 32.2. The summed E-state index contributed by atoms with van der Waals surface area (Å²) in [5.41, 5.74) is 4.26. The molecule has 1 saturated heterocycles. The fourth-order valence-corrected chi connectivity index (χ4v) is 8.97. The van der Waals surface area contributed by atoms with Crippen LogP contribution in [0.4, 0.5) is 5.82 Å². The number of nitrogen functional groups attached to an aromatic ring is 1. The number of nitrogens with one attached hydrogen (secondary N) is 2. The molecular formula is C29H48N7O17P3S. The lowest BCUT2D eigenvalue weighted by atomic mass is 9.87. The van der Waals surface area contributed by atoms with Gasteiger partial charge in [-0.2, -0.15) is 4.31 Å². The van der Waals surface area contributed by atoms with E-state index in [9.17, 15) is 57.9 Å². The molecule has 3 heterocycles. The van der Waals surface area contributed by atoms with Crippen LogP contribution in [0.25, 0.3) is 11.2 Å². The Morgan fingerprint density at radius 3 is 2.44 bits per heavy atom. The number of carbonyl (C=O) groups excluding carboxylic acids is 3. The highest BCUT2D eigenvalue weighted by molar-refractivity contribution is 8.13. The van der Waals surface area contributed by atoms with Gasteiger partial charge in [0.05, 0.1) is 19.5 Å². The molecule has 0 aliphatic carbocycles. The van der Waals surface area contributed by atoms with Crippen LogP contribution in [0.15, 0.2) is 25.3 Å². The van der Waals surface area contributed by atoms with Crippen LogP contribution in [-0.2, 0) is 50.7 Å². The summed E-state index contributed by atoms with van der Waals surface area (Å²) in [5, 5.41) is 26.4. The maximum Gasteiger partial charge on any atom is 0.481 e. The Labute approximate surface area is 330 Å². The molecule has 1 aliphatic rings. The van der Waals surface area contributed by atoms with E-state index >= 15 is 0 Å². The molecule has 8 atom stereocenters. The van der Waals surface area contributed by atoms with Gasteiger partial charge in [-0.1, -0.05) is 45.0 Å². The fourth-order valence-electron chi connectivity index (χ4n) is 5.28. The number of phosphoric acid groups is 3. The number of imidazole rings is 1. The summed E-state index contributed by atoms with van der Waals surface area (Å²) >= 11 is 1.11. The van der Waals surface area contributed by atoms with E-state index in [0.29, 0.717) is 12.2 Å². The highest BCUT2D eigenvalue weighted by Gasteiger charge is 2.50. The molecule has 3 rings (SSSR count). The molecule has 0 aromatic carbocycles. The lowest BCUT2D eigenvalue weighted by Gasteiger charge is -2.30. The Bertz CT molecular complexity index is 1870. The molecule has 10 N–H and O–H groups in total. The fraction of sp³-hybridized carbons (Fsp3) is 0.655. The number of aromatic nitrogens is 4. The Morgan fingerprint density at radius 2 is 1.79 bits per heavy atom. The number of fused-ring (bicyclic) bond motifs is 1. The number of rotatable bonds is 24. The second kappa shape index (κ2) is 21.0. The van der Waals surface area contributed by atoms with E-state index in [1.165, 1.54) is 13.8 Å². The predicted molar refractivity (Wildman–Crippen MR) is 200 cm³/mol. The first kappa shape index (κ1) is 48.7. The largest absolute Gasteiger partial charge is 0.481 e. The average molecular weight is 892 g/mol. The Kier molecular flexibility index (Phi) is 17.9. The van der Waals surface area contributed by atoms with Gasteiger partial charge in [0.25, 0.3) is 0 Å². The number of thioether (sulfide) groups is 1. The summed E-state index contributed by atoms with van der Waals surface area (Å²) in [4.78, 5) is 88.1. The minimum absolute atomic E-state index is 0.0166. The zero-order valence-electron chi connectivity index (χ0n) is 31.1. The van der Waals surface area contributed by atoms with E-state index in [2.05, 4.69) is 41.0 Å². The molecule has 1 aliphatic heterocycles. The third-order valence-corrected chi connectivity index (χ3v) is 12.3. The number of phosphoric ester groups is 3. The highest BCUT2D eigenvalue weighted by Crippen LogP contribution is 2.61. The van der Waals surface area contributed by atoms with Crippen molar-refractivity contribution < 1.29 is 80.5 Å². The first-order chi connectivity index (χ1) is 26.5. The van der Waals surface area contributed by atoms with Crippen molar-refractivity contribution >= 4 is 69.1 Å². The minimum atomic E-state index is -5.57.